The van der Waals surface area contributed by atoms with Gasteiger partial charge in [-0.2, -0.15) is 0 Å². The molecule has 0 aliphatic heterocycles. The maximum atomic E-state index is 9.51. The van der Waals surface area contributed by atoms with Crippen molar-refractivity contribution in [3.05, 3.63) is 54.1 Å². The van der Waals surface area contributed by atoms with Crippen molar-refractivity contribution in [3.8, 4) is 11.5 Å². The van der Waals surface area contributed by atoms with Crippen LogP contribution in [-0.2, 0) is 0 Å². The van der Waals surface area contributed by atoms with Crippen LogP contribution in [-0.4, -0.2) is 16.4 Å². The van der Waals surface area contributed by atoms with E-state index in [2.05, 4.69) is 4.99 Å². The van der Waals surface area contributed by atoms with E-state index in [1.807, 2.05) is 30.3 Å². The molecule has 0 aliphatic rings. The normalized spacial score (nSPS) is 10.8. The van der Waals surface area contributed by atoms with Gasteiger partial charge in [0.1, 0.15) is 11.5 Å². The van der Waals surface area contributed by atoms with Crippen LogP contribution in [0.15, 0.2) is 53.5 Å². The quantitative estimate of drug-likeness (QED) is 0.595. The number of benzene rings is 2. The van der Waals surface area contributed by atoms with Crippen molar-refractivity contribution in [1.82, 2.24) is 0 Å². The van der Waals surface area contributed by atoms with Crippen LogP contribution in [0.5, 0.6) is 11.5 Å². The van der Waals surface area contributed by atoms with Gasteiger partial charge in [0.05, 0.1) is 5.69 Å². The first-order valence-corrected chi connectivity index (χ1v) is 4.87. The summed E-state index contributed by atoms with van der Waals surface area (Å²) in [4.78, 5) is 4.18. The molecule has 0 fully saturated rings. The van der Waals surface area contributed by atoms with Crippen molar-refractivity contribution in [2.75, 3.05) is 0 Å². The van der Waals surface area contributed by atoms with E-state index >= 15 is 0 Å². The van der Waals surface area contributed by atoms with Crippen LogP contribution in [0.2, 0.25) is 0 Å². The van der Waals surface area contributed by atoms with E-state index in [4.69, 9.17) is 0 Å². The minimum Gasteiger partial charge on any atom is -0.508 e. The van der Waals surface area contributed by atoms with Gasteiger partial charge >= 0.3 is 0 Å². The Balaban J connectivity index is 2.27. The van der Waals surface area contributed by atoms with Crippen LogP contribution in [0.4, 0.5) is 5.69 Å². The molecule has 80 valence electrons. The molecule has 2 rings (SSSR count). The lowest BCUT2D eigenvalue weighted by molar-refractivity contribution is 0.459. The Bertz CT molecular complexity index is 507. The summed E-state index contributed by atoms with van der Waals surface area (Å²) in [5.74, 6) is 0.199. The lowest BCUT2D eigenvalue weighted by Crippen LogP contribution is -1.81. The fourth-order valence-corrected chi connectivity index (χ4v) is 1.30. The predicted molar refractivity (Wildman–Crippen MR) is 63.5 cm³/mol. The topological polar surface area (TPSA) is 52.8 Å². The van der Waals surface area contributed by atoms with Crippen LogP contribution >= 0.6 is 0 Å². The molecule has 2 aromatic carbocycles. The first-order valence-electron chi connectivity index (χ1n) is 4.87. The van der Waals surface area contributed by atoms with E-state index in [9.17, 15) is 10.2 Å². The Kier molecular flexibility index (Phi) is 2.87. The molecule has 0 saturated carbocycles. The number of hydrogen-bond acceptors (Lipinski definition) is 3. The zero-order valence-corrected chi connectivity index (χ0v) is 8.54. The number of aliphatic imine (C=N–C) groups is 1. The highest BCUT2D eigenvalue weighted by molar-refractivity contribution is 5.85. The van der Waals surface area contributed by atoms with E-state index in [1.165, 1.54) is 24.4 Å². The highest BCUT2D eigenvalue weighted by Crippen LogP contribution is 2.21. The molecule has 0 amide bonds. The van der Waals surface area contributed by atoms with Gasteiger partial charge in [-0.1, -0.05) is 18.2 Å². The molecule has 0 aliphatic carbocycles. The highest BCUT2D eigenvalue weighted by Gasteiger charge is 1.98. The average Bonchev–Trinajstić information content (AvgIpc) is 2.32. The largest absolute Gasteiger partial charge is 0.508 e. The van der Waals surface area contributed by atoms with E-state index in [-0.39, 0.29) is 11.5 Å². The number of rotatable bonds is 2. The molecule has 0 atom stereocenters. The molecule has 0 spiro atoms. The second kappa shape index (κ2) is 4.49. The first-order chi connectivity index (χ1) is 7.75. The third kappa shape index (κ3) is 2.39. The lowest BCUT2D eigenvalue weighted by Gasteiger charge is -1.99. The third-order valence-corrected chi connectivity index (χ3v) is 2.12. The Morgan fingerprint density at radius 1 is 0.938 bits per heavy atom. The molecule has 0 unspecified atom stereocenters. The van der Waals surface area contributed by atoms with Gasteiger partial charge in [0.2, 0.25) is 0 Å². The highest BCUT2D eigenvalue weighted by atomic mass is 16.3. The zero-order chi connectivity index (χ0) is 11.4. The summed E-state index contributed by atoms with van der Waals surface area (Å²) in [7, 11) is 0. The van der Waals surface area contributed by atoms with Crippen molar-refractivity contribution in [2.45, 2.75) is 0 Å². The Labute approximate surface area is 93.3 Å². The van der Waals surface area contributed by atoms with Gasteiger partial charge in [-0.3, -0.25) is 4.99 Å². The smallest absolute Gasteiger partial charge is 0.124 e. The second-order valence-electron chi connectivity index (χ2n) is 3.34. The first kappa shape index (κ1) is 10.2. The molecule has 0 radical (unpaired) electrons. The van der Waals surface area contributed by atoms with Gasteiger partial charge in [0.15, 0.2) is 0 Å². The van der Waals surface area contributed by atoms with Crippen LogP contribution < -0.4 is 0 Å². The van der Waals surface area contributed by atoms with Gasteiger partial charge in [-0.25, -0.2) is 0 Å². The maximum absolute atomic E-state index is 9.51. The summed E-state index contributed by atoms with van der Waals surface area (Å²) in [6.45, 7) is 0. The number of nitrogens with zero attached hydrogens (tertiary/aromatic N) is 1. The number of para-hydroxylation sites is 1. The Hall–Kier alpha value is -2.29. The lowest BCUT2D eigenvalue weighted by atomic mass is 10.2. The van der Waals surface area contributed by atoms with Crippen LogP contribution in [0.25, 0.3) is 0 Å². The summed E-state index contributed by atoms with van der Waals surface area (Å²) < 4.78 is 0. The standard InChI is InChI=1S/C13H11NO2/c15-12-6-7-13(16)10(8-12)9-14-11-4-2-1-3-5-11/h1-9,15-16H/b14-9+. The van der Waals surface area contributed by atoms with Crippen LogP contribution in [0.3, 0.4) is 0 Å². The van der Waals surface area contributed by atoms with Crippen LogP contribution in [0, 0.1) is 0 Å². The molecular weight excluding hydrogens is 202 g/mol. The monoisotopic (exact) mass is 213 g/mol. The maximum Gasteiger partial charge on any atom is 0.124 e. The third-order valence-electron chi connectivity index (χ3n) is 2.12. The van der Waals surface area contributed by atoms with Crippen molar-refractivity contribution < 1.29 is 10.2 Å². The summed E-state index contributed by atoms with van der Waals surface area (Å²) in [5.41, 5.74) is 1.29. The fourth-order valence-electron chi connectivity index (χ4n) is 1.30. The van der Waals surface area contributed by atoms with Crippen molar-refractivity contribution >= 4 is 11.9 Å². The number of aromatic hydroxyl groups is 2. The van der Waals surface area contributed by atoms with Gasteiger partial charge in [0, 0.05) is 11.8 Å². The average molecular weight is 213 g/mol. The van der Waals surface area contributed by atoms with Crippen LogP contribution in [0.1, 0.15) is 5.56 Å². The Morgan fingerprint density at radius 3 is 2.44 bits per heavy atom. The van der Waals surface area contributed by atoms with Gasteiger partial charge in [-0.05, 0) is 30.3 Å². The van der Waals surface area contributed by atoms with Crippen molar-refractivity contribution in [3.63, 3.8) is 0 Å². The second-order valence-corrected chi connectivity index (χ2v) is 3.34. The van der Waals surface area contributed by atoms with E-state index in [1.54, 1.807) is 0 Å². The number of phenols is 2. The number of phenolic OH excluding ortho intramolecular Hbond substituents is 2. The minimum atomic E-state index is 0.0949. The molecule has 3 nitrogen and oxygen atoms in total. The van der Waals surface area contributed by atoms with E-state index in [0.29, 0.717) is 5.56 Å². The summed E-state index contributed by atoms with van der Waals surface area (Å²) in [6.07, 6.45) is 1.52. The van der Waals surface area contributed by atoms with Gasteiger partial charge in [-0.15, -0.1) is 0 Å². The SMILES string of the molecule is Oc1ccc(O)c(/C=N/c2ccccc2)c1. The van der Waals surface area contributed by atoms with Crippen molar-refractivity contribution in [1.29, 1.82) is 0 Å². The fraction of sp³-hybridized carbons (Fsp3) is 0. The van der Waals surface area contributed by atoms with Gasteiger partial charge < -0.3 is 10.2 Å². The molecule has 2 N–H and O–H groups in total. The molecular formula is C13H11NO2. The molecule has 16 heavy (non-hydrogen) atoms. The number of hydrogen-bond donors (Lipinski definition) is 2. The predicted octanol–water partition coefficient (Wildman–Crippen LogP) is 2.85. The zero-order valence-electron chi connectivity index (χ0n) is 8.54. The molecule has 0 saturated heterocycles. The molecule has 0 aromatic heterocycles. The van der Waals surface area contributed by atoms with E-state index < -0.39 is 0 Å². The molecule has 3 heteroatoms. The molecule has 0 heterocycles. The van der Waals surface area contributed by atoms with Crippen molar-refractivity contribution in [2.24, 2.45) is 4.99 Å². The minimum absolute atomic E-state index is 0.0949. The summed E-state index contributed by atoms with van der Waals surface area (Å²) in [5, 5.41) is 18.8. The summed E-state index contributed by atoms with van der Waals surface area (Å²) >= 11 is 0. The van der Waals surface area contributed by atoms with Gasteiger partial charge in [0.25, 0.3) is 0 Å². The molecule has 2 aromatic rings. The summed E-state index contributed by atoms with van der Waals surface area (Å²) in [6, 6.07) is 13.7. The Morgan fingerprint density at radius 2 is 1.69 bits per heavy atom. The van der Waals surface area contributed by atoms with E-state index in [0.717, 1.165) is 5.69 Å². The molecule has 0 bridgehead atoms.